The highest BCUT2D eigenvalue weighted by Crippen LogP contribution is 2.41. The predicted octanol–water partition coefficient (Wildman–Crippen LogP) is 4.29. The fourth-order valence-electron chi connectivity index (χ4n) is 2.12. The van der Waals surface area contributed by atoms with Crippen LogP contribution >= 0.6 is 0 Å². The van der Waals surface area contributed by atoms with Crippen molar-refractivity contribution in [2.75, 3.05) is 0 Å². The molecule has 114 valence electrons. The Hall–Kier alpha value is -1.16. The minimum absolute atomic E-state index is 0.121. The molecule has 0 aliphatic heterocycles. The first-order valence-corrected chi connectivity index (χ1v) is 6.69. The van der Waals surface area contributed by atoms with Crippen LogP contribution in [0.1, 0.15) is 64.3 Å². The van der Waals surface area contributed by atoms with Crippen LogP contribution in [0, 0.1) is 0 Å². The van der Waals surface area contributed by atoms with Crippen LogP contribution in [0.25, 0.3) is 0 Å². The highest BCUT2D eigenvalue weighted by molar-refractivity contribution is 5.50. The lowest BCUT2D eigenvalue weighted by Gasteiger charge is -2.29. The number of halogens is 2. The number of hydrogen-bond donors (Lipinski definition) is 2. The number of aliphatic hydroxyl groups is 1. The molecule has 2 N–H and O–H groups in total. The topological polar surface area (TPSA) is 40.5 Å². The van der Waals surface area contributed by atoms with Gasteiger partial charge in [-0.1, -0.05) is 41.5 Å². The third-order valence-electron chi connectivity index (χ3n) is 3.33. The van der Waals surface area contributed by atoms with Crippen molar-refractivity contribution in [3.8, 4) is 5.75 Å². The van der Waals surface area contributed by atoms with E-state index in [0.29, 0.717) is 11.1 Å². The maximum Gasteiger partial charge on any atom is 0.268 e. The van der Waals surface area contributed by atoms with Gasteiger partial charge in [-0.05, 0) is 39.7 Å². The van der Waals surface area contributed by atoms with E-state index in [1.165, 1.54) is 12.1 Å². The van der Waals surface area contributed by atoms with E-state index in [1.807, 2.05) is 41.5 Å². The molecule has 20 heavy (non-hydrogen) atoms. The molecule has 0 aliphatic rings. The summed E-state index contributed by atoms with van der Waals surface area (Å²) in [7, 11) is 0. The Labute approximate surface area is 119 Å². The summed E-state index contributed by atoms with van der Waals surface area (Å²) in [6, 6.07) is 2.95. The zero-order chi connectivity index (χ0) is 15.9. The highest BCUT2D eigenvalue weighted by Gasteiger charge is 2.29. The van der Waals surface area contributed by atoms with E-state index in [0.717, 1.165) is 0 Å². The Balaban J connectivity index is 3.59. The van der Waals surface area contributed by atoms with Gasteiger partial charge in [-0.25, -0.2) is 8.78 Å². The Kier molecular flexibility index (Phi) is 4.49. The molecule has 4 heteroatoms. The van der Waals surface area contributed by atoms with Gasteiger partial charge in [0, 0.05) is 0 Å². The summed E-state index contributed by atoms with van der Waals surface area (Å²) in [5, 5.41) is 20.1. The summed E-state index contributed by atoms with van der Waals surface area (Å²) in [6.45, 7) is 11.4. The van der Waals surface area contributed by atoms with Gasteiger partial charge in [-0.2, -0.15) is 0 Å². The molecule has 0 saturated carbocycles. The lowest BCUT2D eigenvalue weighted by Crippen LogP contribution is -2.19. The zero-order valence-electron chi connectivity index (χ0n) is 13.0. The van der Waals surface area contributed by atoms with Gasteiger partial charge in [-0.15, -0.1) is 0 Å². The lowest BCUT2D eigenvalue weighted by molar-refractivity contribution is -0.00595. The van der Waals surface area contributed by atoms with E-state index in [1.54, 1.807) is 0 Å². The van der Waals surface area contributed by atoms with Gasteiger partial charge >= 0.3 is 0 Å². The molecule has 0 saturated heterocycles. The van der Waals surface area contributed by atoms with E-state index in [9.17, 15) is 19.0 Å². The summed E-state index contributed by atoms with van der Waals surface area (Å²) in [5.74, 6) is 0.121. The molecule has 0 aromatic heterocycles. The second-order valence-electron chi connectivity index (χ2n) is 7.24. The molecule has 0 fully saturated rings. The van der Waals surface area contributed by atoms with Crippen LogP contribution in [0.2, 0.25) is 0 Å². The van der Waals surface area contributed by atoms with Crippen LogP contribution < -0.4 is 0 Å². The first-order valence-electron chi connectivity index (χ1n) is 6.69. The molecule has 0 bridgehead atoms. The van der Waals surface area contributed by atoms with E-state index in [4.69, 9.17) is 0 Å². The van der Waals surface area contributed by atoms with Crippen LogP contribution in [-0.2, 0) is 10.8 Å². The van der Waals surface area contributed by atoms with Gasteiger partial charge < -0.3 is 10.2 Å². The summed E-state index contributed by atoms with van der Waals surface area (Å²) >= 11 is 0. The fourth-order valence-corrected chi connectivity index (χ4v) is 2.12. The van der Waals surface area contributed by atoms with Crippen LogP contribution in [-0.4, -0.2) is 16.6 Å². The van der Waals surface area contributed by atoms with Gasteiger partial charge in [0.2, 0.25) is 0 Å². The highest BCUT2D eigenvalue weighted by atomic mass is 19.3. The van der Waals surface area contributed by atoms with Gasteiger partial charge in [0.25, 0.3) is 6.43 Å². The van der Waals surface area contributed by atoms with Crippen molar-refractivity contribution < 1.29 is 19.0 Å². The third kappa shape index (κ3) is 3.48. The van der Waals surface area contributed by atoms with Crippen molar-refractivity contribution in [1.29, 1.82) is 0 Å². The standard InChI is InChI=1S/C16H24F2O2/c1-15(2,3)10-7-9(12(19)14(17)18)8-11(13(10)20)16(4,5)6/h7-8,12,14,19-20H,1-6H3. The van der Waals surface area contributed by atoms with E-state index < -0.39 is 23.4 Å². The van der Waals surface area contributed by atoms with Crippen molar-refractivity contribution in [3.63, 3.8) is 0 Å². The Morgan fingerprint density at radius 3 is 1.50 bits per heavy atom. The largest absolute Gasteiger partial charge is 0.507 e. The number of phenols is 1. The van der Waals surface area contributed by atoms with E-state index >= 15 is 0 Å². The number of aromatic hydroxyl groups is 1. The average Bonchev–Trinajstić information content (AvgIpc) is 2.24. The molecule has 0 radical (unpaired) electrons. The molecule has 1 aromatic rings. The van der Waals surface area contributed by atoms with Gasteiger partial charge in [0.15, 0.2) is 0 Å². The SMILES string of the molecule is CC(C)(C)c1cc(C(O)C(F)F)cc(C(C)(C)C)c1O. The van der Waals surface area contributed by atoms with Gasteiger partial charge in [0.1, 0.15) is 11.9 Å². The summed E-state index contributed by atoms with van der Waals surface area (Å²) in [5.41, 5.74) is 0.482. The van der Waals surface area contributed by atoms with Gasteiger partial charge in [-0.3, -0.25) is 0 Å². The second-order valence-corrected chi connectivity index (χ2v) is 7.24. The molecule has 1 rings (SSSR count). The number of alkyl halides is 2. The predicted molar refractivity (Wildman–Crippen MR) is 76.5 cm³/mol. The van der Waals surface area contributed by atoms with Crippen molar-refractivity contribution in [2.45, 2.75) is 64.9 Å². The van der Waals surface area contributed by atoms with Crippen LogP contribution in [0.5, 0.6) is 5.75 Å². The lowest BCUT2D eigenvalue weighted by atomic mass is 9.78. The Morgan fingerprint density at radius 2 is 1.25 bits per heavy atom. The van der Waals surface area contributed by atoms with Crippen LogP contribution in [0.3, 0.4) is 0 Å². The molecule has 1 aromatic carbocycles. The molecule has 0 amide bonds. The number of aliphatic hydroxyl groups excluding tert-OH is 1. The van der Waals surface area contributed by atoms with Crippen molar-refractivity contribution in [1.82, 2.24) is 0 Å². The zero-order valence-corrected chi connectivity index (χ0v) is 13.0. The fraction of sp³-hybridized carbons (Fsp3) is 0.625. The first kappa shape index (κ1) is 16.9. The van der Waals surface area contributed by atoms with Gasteiger partial charge in [0.05, 0.1) is 0 Å². The van der Waals surface area contributed by atoms with Crippen molar-refractivity contribution in [3.05, 3.63) is 28.8 Å². The molecule has 0 spiro atoms. The third-order valence-corrected chi connectivity index (χ3v) is 3.33. The maximum absolute atomic E-state index is 12.8. The molecule has 1 unspecified atom stereocenters. The minimum Gasteiger partial charge on any atom is -0.507 e. The number of phenolic OH excluding ortho intramolecular Hbond substituents is 1. The number of benzene rings is 1. The second kappa shape index (κ2) is 5.32. The minimum atomic E-state index is -2.85. The Morgan fingerprint density at radius 1 is 0.900 bits per heavy atom. The first-order chi connectivity index (χ1) is 8.85. The number of rotatable bonds is 2. The van der Waals surface area contributed by atoms with E-state index in [2.05, 4.69) is 0 Å². The van der Waals surface area contributed by atoms with E-state index in [-0.39, 0.29) is 11.3 Å². The van der Waals surface area contributed by atoms with Crippen molar-refractivity contribution in [2.24, 2.45) is 0 Å². The summed E-state index contributed by atoms with van der Waals surface area (Å²) < 4.78 is 25.5. The molecular weight excluding hydrogens is 262 g/mol. The molecule has 2 nitrogen and oxygen atoms in total. The quantitative estimate of drug-likeness (QED) is 0.851. The maximum atomic E-state index is 12.8. The molecule has 0 aliphatic carbocycles. The molecule has 0 heterocycles. The van der Waals surface area contributed by atoms with Crippen LogP contribution in [0.4, 0.5) is 8.78 Å². The number of hydrogen-bond acceptors (Lipinski definition) is 2. The average molecular weight is 286 g/mol. The van der Waals surface area contributed by atoms with Crippen LogP contribution in [0.15, 0.2) is 12.1 Å². The summed E-state index contributed by atoms with van der Waals surface area (Å²) in [6.07, 6.45) is -4.68. The van der Waals surface area contributed by atoms with Crippen molar-refractivity contribution >= 4 is 0 Å². The molecular formula is C16H24F2O2. The Bertz CT molecular complexity index is 447. The summed E-state index contributed by atoms with van der Waals surface area (Å²) in [4.78, 5) is 0. The molecule has 1 atom stereocenters. The monoisotopic (exact) mass is 286 g/mol. The smallest absolute Gasteiger partial charge is 0.268 e. The normalized spacial score (nSPS) is 14.7.